The average molecular weight is 571 g/mol. The number of nitrogens with zero attached hydrogens (tertiary/aromatic N) is 3. The maximum absolute atomic E-state index is 13.2. The molecule has 9 heteroatoms. The number of hydrogen-bond acceptors (Lipinski definition) is 8. The van der Waals surface area contributed by atoms with Crippen molar-refractivity contribution in [3.63, 3.8) is 0 Å². The number of aliphatic hydroxyl groups is 1. The lowest BCUT2D eigenvalue weighted by Crippen LogP contribution is -2.50. The molecule has 1 fully saturated rings. The minimum absolute atomic E-state index is 0.0636. The predicted molar refractivity (Wildman–Crippen MR) is 158 cm³/mol. The molecule has 5 aliphatic heterocycles. The van der Waals surface area contributed by atoms with Crippen LogP contribution >= 0.6 is 0 Å². The standard InChI is InChI=1S/C33H38N4O5/c1-5-42-27(39)17-34-32(41)29-30(40)19(3)35-31(36-29)18(2)33(28-21-6-7-22(28)9-8-21)23-12-14-37(15-13-23)26-11-10-24(33)16-25(26)20(4)38/h6-11,16,18,20,23,28,38,40H,5,12-15,17H2,1-4H3,(H,34,41). The van der Waals surface area contributed by atoms with Crippen LogP contribution in [0.2, 0.25) is 0 Å². The Bertz CT molecular complexity index is 1510. The van der Waals surface area contributed by atoms with Gasteiger partial charge in [-0.2, -0.15) is 0 Å². The van der Waals surface area contributed by atoms with Crippen molar-refractivity contribution in [2.75, 3.05) is 31.1 Å². The number of aryl methyl sites for hydroxylation is 1. The Morgan fingerprint density at radius 2 is 1.83 bits per heavy atom. The van der Waals surface area contributed by atoms with Gasteiger partial charge in [0.25, 0.3) is 5.91 Å². The average Bonchev–Trinajstić information content (AvgIpc) is 3.62. The molecule has 9 rings (SSSR count). The fourth-order valence-electron chi connectivity index (χ4n) is 7.76. The Labute approximate surface area is 246 Å². The van der Waals surface area contributed by atoms with Crippen LogP contribution < -0.4 is 10.2 Å². The number of rotatable bonds is 8. The number of piperidine rings is 1. The third-order valence-corrected chi connectivity index (χ3v) is 9.66. The number of ether oxygens (including phenoxy) is 1. The molecule has 2 aliphatic carbocycles. The number of carbonyl (C=O) groups excluding carboxylic acids is 2. The maximum Gasteiger partial charge on any atom is 0.325 e. The first-order valence-electron chi connectivity index (χ1n) is 14.8. The topological polar surface area (TPSA) is 125 Å². The second-order valence-electron chi connectivity index (χ2n) is 11.8. The van der Waals surface area contributed by atoms with Gasteiger partial charge in [-0.3, -0.25) is 9.59 Å². The summed E-state index contributed by atoms with van der Waals surface area (Å²) in [5, 5.41) is 24.3. The number of amides is 1. The monoisotopic (exact) mass is 570 g/mol. The summed E-state index contributed by atoms with van der Waals surface area (Å²) in [6, 6.07) is 6.52. The molecule has 0 radical (unpaired) electrons. The number of hydrogen-bond donors (Lipinski definition) is 3. The second-order valence-corrected chi connectivity index (χ2v) is 11.8. The lowest BCUT2D eigenvalue weighted by molar-refractivity contribution is -0.141. The summed E-state index contributed by atoms with van der Waals surface area (Å²) >= 11 is 0. The fourth-order valence-corrected chi connectivity index (χ4v) is 7.76. The van der Waals surface area contributed by atoms with Gasteiger partial charge in [0.15, 0.2) is 11.4 Å². The SMILES string of the molecule is CCOC(=O)CNC(=O)c1nc(C(C)C2(C3C4=CC=C3C=C4)c3ccc(c(C(C)O)c3)N3CCC2CC3)nc(C)c1O. The van der Waals surface area contributed by atoms with E-state index in [1.807, 2.05) is 6.92 Å². The zero-order chi connectivity index (χ0) is 29.8. The number of fused-ring (bicyclic) bond motifs is 2. The number of aromatic nitrogens is 2. The Morgan fingerprint density at radius 3 is 2.45 bits per heavy atom. The molecule has 3 atom stereocenters. The molecule has 42 heavy (non-hydrogen) atoms. The van der Waals surface area contributed by atoms with Crippen LogP contribution in [0, 0.1) is 18.8 Å². The van der Waals surface area contributed by atoms with E-state index in [0.29, 0.717) is 11.5 Å². The number of aliphatic hydroxyl groups excluding tert-OH is 1. The fraction of sp³-hybridized carbons (Fsp3) is 0.455. The Balaban J connectivity index is 1.51. The van der Waals surface area contributed by atoms with Gasteiger partial charge in [0.2, 0.25) is 0 Å². The molecular weight excluding hydrogens is 532 g/mol. The van der Waals surface area contributed by atoms with Crippen molar-refractivity contribution >= 4 is 17.6 Å². The highest BCUT2D eigenvalue weighted by Gasteiger charge is 2.56. The van der Waals surface area contributed by atoms with Crippen LogP contribution in [0.25, 0.3) is 0 Å². The van der Waals surface area contributed by atoms with E-state index in [1.54, 1.807) is 13.8 Å². The zero-order valence-corrected chi connectivity index (χ0v) is 24.6. The van der Waals surface area contributed by atoms with E-state index in [2.05, 4.69) is 59.6 Å². The van der Waals surface area contributed by atoms with Crippen LogP contribution in [0.5, 0.6) is 5.75 Å². The minimum Gasteiger partial charge on any atom is -0.504 e. The van der Waals surface area contributed by atoms with Gasteiger partial charge in [0.05, 0.1) is 18.4 Å². The molecule has 6 heterocycles. The number of carbonyl (C=O) groups is 2. The number of nitrogens with one attached hydrogen (secondary N) is 1. The van der Waals surface area contributed by atoms with Crippen molar-refractivity contribution in [3.05, 3.63) is 82.0 Å². The molecule has 220 valence electrons. The largest absolute Gasteiger partial charge is 0.504 e. The molecule has 6 bridgehead atoms. The van der Waals surface area contributed by atoms with E-state index in [0.717, 1.165) is 42.7 Å². The Kier molecular flexibility index (Phi) is 7.17. The third kappa shape index (κ3) is 4.33. The molecular formula is C33H38N4O5. The maximum atomic E-state index is 13.2. The molecule has 9 nitrogen and oxygen atoms in total. The normalized spacial score (nSPS) is 23.6. The van der Waals surface area contributed by atoms with Crippen LogP contribution in [0.15, 0.2) is 53.6 Å². The summed E-state index contributed by atoms with van der Waals surface area (Å²) in [6.07, 6.45) is 10.1. The van der Waals surface area contributed by atoms with Gasteiger partial charge in [-0.05, 0) is 62.3 Å². The first kappa shape index (κ1) is 28.2. The number of esters is 1. The number of allylic oxidation sites excluding steroid dienone is 6. The molecule has 7 aliphatic rings. The quantitative estimate of drug-likeness (QED) is 0.404. The lowest BCUT2D eigenvalue weighted by Gasteiger charge is -2.51. The van der Waals surface area contributed by atoms with Gasteiger partial charge >= 0.3 is 5.97 Å². The van der Waals surface area contributed by atoms with Gasteiger partial charge in [0, 0.05) is 41.6 Å². The number of aromatic hydroxyl groups is 1. The highest BCUT2D eigenvalue weighted by atomic mass is 16.5. The number of benzene rings is 1. The molecule has 0 spiro atoms. The summed E-state index contributed by atoms with van der Waals surface area (Å²) in [7, 11) is 0. The second kappa shape index (κ2) is 10.7. The zero-order valence-electron chi connectivity index (χ0n) is 24.6. The van der Waals surface area contributed by atoms with Gasteiger partial charge in [-0.25, -0.2) is 9.97 Å². The first-order valence-corrected chi connectivity index (χ1v) is 14.8. The van der Waals surface area contributed by atoms with Crippen LogP contribution in [0.1, 0.15) is 78.8 Å². The van der Waals surface area contributed by atoms with Crippen LogP contribution in [0.4, 0.5) is 5.69 Å². The first-order chi connectivity index (χ1) is 20.2. The van der Waals surface area contributed by atoms with Crippen LogP contribution in [0.3, 0.4) is 0 Å². The van der Waals surface area contributed by atoms with Crippen molar-refractivity contribution in [1.29, 1.82) is 0 Å². The van der Waals surface area contributed by atoms with Gasteiger partial charge in [-0.15, -0.1) is 0 Å². The van der Waals surface area contributed by atoms with Crippen molar-refractivity contribution < 1.29 is 24.5 Å². The van der Waals surface area contributed by atoms with E-state index in [9.17, 15) is 19.8 Å². The Hall–Kier alpha value is -3.98. The van der Waals surface area contributed by atoms with Crippen molar-refractivity contribution in [2.45, 2.75) is 58.0 Å². The summed E-state index contributed by atoms with van der Waals surface area (Å²) in [5.41, 5.74) is 5.25. The van der Waals surface area contributed by atoms with Crippen LogP contribution in [-0.2, 0) is 14.9 Å². The molecule has 1 saturated heterocycles. The smallest absolute Gasteiger partial charge is 0.325 e. The minimum atomic E-state index is -0.662. The third-order valence-electron chi connectivity index (χ3n) is 9.66. The highest BCUT2D eigenvalue weighted by Crippen LogP contribution is 2.61. The Morgan fingerprint density at radius 1 is 1.14 bits per heavy atom. The van der Waals surface area contributed by atoms with Crippen molar-refractivity contribution in [1.82, 2.24) is 15.3 Å². The van der Waals surface area contributed by atoms with Crippen molar-refractivity contribution in [2.24, 2.45) is 11.8 Å². The van der Waals surface area contributed by atoms with E-state index >= 15 is 0 Å². The van der Waals surface area contributed by atoms with Gasteiger partial charge in [0.1, 0.15) is 12.4 Å². The van der Waals surface area contributed by atoms with Gasteiger partial charge < -0.3 is 25.2 Å². The van der Waals surface area contributed by atoms with E-state index in [4.69, 9.17) is 14.7 Å². The molecule has 1 aromatic carbocycles. The van der Waals surface area contributed by atoms with Crippen molar-refractivity contribution in [3.8, 4) is 5.75 Å². The van der Waals surface area contributed by atoms with Crippen LogP contribution in [-0.4, -0.2) is 58.3 Å². The van der Waals surface area contributed by atoms with Gasteiger partial charge in [-0.1, -0.05) is 43.4 Å². The summed E-state index contributed by atoms with van der Waals surface area (Å²) in [4.78, 5) is 37.0. The van der Waals surface area contributed by atoms with E-state index in [1.165, 1.54) is 11.1 Å². The molecule has 2 aromatic rings. The molecule has 3 unspecified atom stereocenters. The predicted octanol–water partition coefficient (Wildman–Crippen LogP) is 4.16. The highest BCUT2D eigenvalue weighted by molar-refractivity contribution is 5.96. The van der Waals surface area contributed by atoms with E-state index in [-0.39, 0.29) is 42.3 Å². The van der Waals surface area contributed by atoms with E-state index < -0.39 is 23.4 Å². The molecule has 3 N–H and O–H groups in total. The summed E-state index contributed by atoms with van der Waals surface area (Å²) in [6.45, 7) is 8.94. The lowest BCUT2D eigenvalue weighted by atomic mass is 9.52. The number of anilines is 1. The molecule has 1 amide bonds. The summed E-state index contributed by atoms with van der Waals surface area (Å²) < 4.78 is 4.93. The molecule has 1 aromatic heterocycles. The summed E-state index contributed by atoms with van der Waals surface area (Å²) in [5.74, 6) is -1.02. The molecule has 0 saturated carbocycles.